The van der Waals surface area contributed by atoms with Crippen LogP contribution < -0.4 is 16.2 Å². The topological polar surface area (TPSA) is 105 Å². The second-order valence-electron chi connectivity index (χ2n) is 7.52. The fourth-order valence-corrected chi connectivity index (χ4v) is 3.99. The number of nitrogens with zero attached hydrogens (tertiary/aromatic N) is 4. The van der Waals surface area contributed by atoms with Crippen molar-refractivity contribution in [3.8, 4) is 12.3 Å². The molecule has 1 aliphatic heterocycles. The number of nitrogens with one attached hydrogen (secondary N) is 3. The standard InChI is InChI=1S/C23H25N7O2S/c1-4-15(2)28-29-16(3)25-23-27-21(14-20-24-11-12-30(20)23)33-18-9-7-17(8-10-18)26-22(31)19-6-5-13-32-19/h1,7-12,14-15,19,28H,5-6,13H2,2-3H3,(H,26,31)(H,25,27,29). The summed E-state index contributed by atoms with van der Waals surface area (Å²) >= 11 is 1.49. The summed E-state index contributed by atoms with van der Waals surface area (Å²) < 4.78 is 7.24. The molecule has 10 heteroatoms. The van der Waals surface area contributed by atoms with E-state index < -0.39 is 0 Å². The van der Waals surface area contributed by atoms with Crippen molar-refractivity contribution in [2.75, 3.05) is 11.9 Å². The van der Waals surface area contributed by atoms with Crippen LogP contribution in [-0.2, 0) is 9.53 Å². The number of terminal acetylenes is 1. The number of aliphatic imine (C=N–C) groups is 1. The summed E-state index contributed by atoms with van der Waals surface area (Å²) in [6.07, 6.45) is 10.2. The van der Waals surface area contributed by atoms with Gasteiger partial charge in [0.05, 0.1) is 6.04 Å². The highest BCUT2D eigenvalue weighted by Gasteiger charge is 2.23. The van der Waals surface area contributed by atoms with Gasteiger partial charge in [-0.3, -0.25) is 9.20 Å². The lowest BCUT2D eigenvalue weighted by molar-refractivity contribution is -0.124. The predicted octanol–water partition coefficient (Wildman–Crippen LogP) is 3.16. The van der Waals surface area contributed by atoms with E-state index in [1.54, 1.807) is 6.20 Å². The zero-order valence-electron chi connectivity index (χ0n) is 18.4. The number of carbonyl (C=O) groups excluding carboxylic acids is 1. The molecule has 1 amide bonds. The van der Waals surface area contributed by atoms with Crippen LogP contribution in [0.15, 0.2) is 57.6 Å². The van der Waals surface area contributed by atoms with E-state index in [9.17, 15) is 4.79 Å². The van der Waals surface area contributed by atoms with Gasteiger partial charge in [-0.25, -0.2) is 15.4 Å². The molecule has 4 rings (SSSR count). The van der Waals surface area contributed by atoms with Gasteiger partial charge in [-0.15, -0.1) is 6.42 Å². The molecule has 1 aliphatic rings. The normalized spacial score (nSPS) is 17.0. The Morgan fingerprint density at radius 2 is 2.21 bits per heavy atom. The molecule has 0 radical (unpaired) electrons. The number of aromatic nitrogens is 3. The molecule has 2 atom stereocenters. The van der Waals surface area contributed by atoms with Crippen molar-refractivity contribution >= 4 is 40.8 Å². The monoisotopic (exact) mass is 463 g/mol. The maximum absolute atomic E-state index is 12.2. The number of amidine groups is 1. The Morgan fingerprint density at radius 1 is 1.39 bits per heavy atom. The highest BCUT2D eigenvalue weighted by molar-refractivity contribution is 7.99. The van der Waals surface area contributed by atoms with Crippen LogP contribution in [0, 0.1) is 12.3 Å². The summed E-state index contributed by atoms with van der Waals surface area (Å²) in [5.41, 5.74) is 7.43. The maximum Gasteiger partial charge on any atom is 0.253 e. The molecule has 33 heavy (non-hydrogen) atoms. The van der Waals surface area contributed by atoms with E-state index in [0.29, 0.717) is 18.4 Å². The molecule has 2 unspecified atom stereocenters. The van der Waals surface area contributed by atoms with Crippen LogP contribution in [0.1, 0.15) is 26.7 Å². The summed E-state index contributed by atoms with van der Waals surface area (Å²) in [7, 11) is 0. The second-order valence-corrected chi connectivity index (χ2v) is 8.62. The van der Waals surface area contributed by atoms with Crippen LogP contribution in [0.2, 0.25) is 0 Å². The van der Waals surface area contributed by atoms with Crippen LogP contribution in [0.25, 0.3) is 5.65 Å². The van der Waals surface area contributed by atoms with E-state index >= 15 is 0 Å². The number of fused-ring (bicyclic) bond motifs is 1. The van der Waals surface area contributed by atoms with Gasteiger partial charge in [-0.2, -0.15) is 4.99 Å². The number of hydrazine groups is 1. The van der Waals surface area contributed by atoms with Crippen LogP contribution in [0.5, 0.6) is 0 Å². The molecule has 1 saturated heterocycles. The Balaban J connectivity index is 1.47. The zero-order chi connectivity index (χ0) is 23.2. The number of rotatable bonds is 7. The fraction of sp³-hybridized carbons (Fsp3) is 0.304. The van der Waals surface area contributed by atoms with Gasteiger partial charge >= 0.3 is 0 Å². The van der Waals surface area contributed by atoms with E-state index in [0.717, 1.165) is 34.1 Å². The van der Waals surface area contributed by atoms with E-state index in [1.807, 2.05) is 54.8 Å². The van der Waals surface area contributed by atoms with Crippen LogP contribution in [0.4, 0.5) is 11.6 Å². The first-order valence-corrected chi connectivity index (χ1v) is 11.4. The van der Waals surface area contributed by atoms with E-state index in [-0.39, 0.29) is 18.1 Å². The van der Waals surface area contributed by atoms with Gasteiger partial charge < -0.3 is 15.5 Å². The largest absolute Gasteiger partial charge is 0.368 e. The van der Waals surface area contributed by atoms with Gasteiger partial charge in [-0.1, -0.05) is 17.7 Å². The lowest BCUT2D eigenvalue weighted by Crippen LogP contribution is -2.41. The summed E-state index contributed by atoms with van der Waals surface area (Å²) in [6.45, 7) is 4.33. The first-order valence-electron chi connectivity index (χ1n) is 10.6. The summed E-state index contributed by atoms with van der Waals surface area (Å²) in [6, 6.07) is 9.38. The number of benzene rings is 1. The van der Waals surface area contributed by atoms with Crippen LogP contribution in [-0.4, -0.2) is 44.9 Å². The average molecular weight is 464 g/mol. The summed E-state index contributed by atoms with van der Waals surface area (Å²) in [5, 5.41) is 3.66. The average Bonchev–Trinajstić information content (AvgIpc) is 3.51. The third-order valence-corrected chi connectivity index (χ3v) is 5.83. The van der Waals surface area contributed by atoms with E-state index in [4.69, 9.17) is 11.2 Å². The molecule has 1 aromatic carbocycles. The maximum atomic E-state index is 12.2. The third kappa shape index (κ3) is 5.90. The molecule has 9 nitrogen and oxygen atoms in total. The van der Waals surface area contributed by atoms with Crippen molar-refractivity contribution in [3.05, 3.63) is 42.7 Å². The first kappa shape index (κ1) is 22.8. The van der Waals surface area contributed by atoms with Crippen molar-refractivity contribution in [2.24, 2.45) is 4.99 Å². The molecule has 3 aromatic rings. The minimum absolute atomic E-state index is 0.100. The molecule has 2 aromatic heterocycles. The number of hydrogen-bond donors (Lipinski definition) is 3. The minimum Gasteiger partial charge on any atom is -0.368 e. The van der Waals surface area contributed by atoms with Gasteiger partial charge in [-0.05, 0) is 51.0 Å². The number of ether oxygens (including phenoxy) is 1. The molecule has 3 heterocycles. The van der Waals surface area contributed by atoms with E-state index in [2.05, 4.69) is 37.0 Å². The van der Waals surface area contributed by atoms with E-state index in [1.165, 1.54) is 11.8 Å². The van der Waals surface area contributed by atoms with Crippen LogP contribution >= 0.6 is 11.8 Å². The van der Waals surface area contributed by atoms with Gasteiger partial charge in [0.25, 0.3) is 5.91 Å². The van der Waals surface area contributed by atoms with Crippen molar-refractivity contribution in [1.29, 1.82) is 0 Å². The number of amides is 1. The summed E-state index contributed by atoms with van der Waals surface area (Å²) in [4.78, 5) is 26.8. The number of anilines is 1. The molecule has 0 saturated carbocycles. The smallest absolute Gasteiger partial charge is 0.253 e. The van der Waals surface area contributed by atoms with Gasteiger partial charge in [0, 0.05) is 35.6 Å². The number of hydrogen-bond acceptors (Lipinski definition) is 7. The quantitative estimate of drug-likeness (QED) is 0.163. The van der Waals surface area contributed by atoms with Crippen molar-refractivity contribution < 1.29 is 9.53 Å². The summed E-state index contributed by atoms with van der Waals surface area (Å²) in [5.74, 6) is 3.59. The Hall–Kier alpha value is -3.39. The lowest BCUT2D eigenvalue weighted by Gasteiger charge is -2.11. The minimum atomic E-state index is -0.355. The van der Waals surface area contributed by atoms with Gasteiger partial charge in [0.1, 0.15) is 22.6 Å². The van der Waals surface area contributed by atoms with Crippen LogP contribution in [0.3, 0.4) is 0 Å². The molecule has 1 fully saturated rings. The van der Waals surface area contributed by atoms with Gasteiger partial charge in [0.2, 0.25) is 5.95 Å². The Morgan fingerprint density at radius 3 is 2.94 bits per heavy atom. The highest BCUT2D eigenvalue weighted by atomic mass is 32.2. The Kier molecular flexibility index (Phi) is 7.24. The van der Waals surface area contributed by atoms with Crippen molar-refractivity contribution in [3.63, 3.8) is 0 Å². The Labute approximate surface area is 196 Å². The second kappa shape index (κ2) is 10.5. The number of imidazole rings is 1. The molecular weight excluding hydrogens is 438 g/mol. The first-order chi connectivity index (χ1) is 16.0. The Bertz CT molecular complexity index is 1190. The molecule has 3 N–H and O–H groups in total. The molecular formula is C23H25N7O2S. The molecule has 0 spiro atoms. The molecule has 0 aliphatic carbocycles. The lowest BCUT2D eigenvalue weighted by atomic mass is 10.2. The van der Waals surface area contributed by atoms with Gasteiger partial charge in [0.15, 0.2) is 0 Å². The highest BCUT2D eigenvalue weighted by Crippen LogP contribution is 2.30. The molecule has 170 valence electrons. The predicted molar refractivity (Wildman–Crippen MR) is 128 cm³/mol. The third-order valence-electron chi connectivity index (χ3n) is 4.90. The zero-order valence-corrected chi connectivity index (χ0v) is 19.2. The van der Waals surface area contributed by atoms with Crippen molar-refractivity contribution in [2.45, 2.75) is 48.8 Å². The SMILES string of the molecule is C#CC(C)NN/C(C)=N/c1nc(Sc2ccc(NC(=O)C3CCCO3)cc2)cc2nccn12. The number of carbonyl (C=O) groups is 1. The molecule has 0 bridgehead atoms. The van der Waals surface area contributed by atoms with Crippen molar-refractivity contribution in [1.82, 2.24) is 25.2 Å². The fourth-order valence-electron chi connectivity index (χ4n) is 3.18.